The van der Waals surface area contributed by atoms with E-state index in [1.165, 1.54) is 12.3 Å². The zero-order valence-corrected chi connectivity index (χ0v) is 14.3. The lowest BCUT2D eigenvalue weighted by Crippen LogP contribution is -2.25. The quantitative estimate of drug-likeness (QED) is 0.593. The van der Waals surface area contributed by atoms with Crippen molar-refractivity contribution in [3.05, 3.63) is 65.4 Å². The van der Waals surface area contributed by atoms with Gasteiger partial charge in [0.15, 0.2) is 0 Å². The fourth-order valence-corrected chi connectivity index (χ4v) is 2.30. The number of halogens is 1. The van der Waals surface area contributed by atoms with Gasteiger partial charge in [-0.15, -0.1) is 0 Å². The smallest absolute Gasteiger partial charge is 0.255 e. The number of hydrogen-bond acceptors (Lipinski definition) is 4. The third-order valence-electron chi connectivity index (χ3n) is 3.49. The lowest BCUT2D eigenvalue weighted by atomic mass is 10.1. The van der Waals surface area contributed by atoms with Crippen molar-refractivity contribution in [1.82, 2.24) is 15.5 Å². The van der Waals surface area contributed by atoms with Crippen molar-refractivity contribution in [3.63, 3.8) is 0 Å². The van der Waals surface area contributed by atoms with Crippen LogP contribution in [0.25, 0.3) is 11.3 Å². The number of aromatic nitrogens is 2. The molecule has 1 amide bonds. The van der Waals surface area contributed by atoms with Crippen LogP contribution in [-0.2, 0) is 0 Å². The number of H-pyrrole nitrogens is 1. The predicted molar refractivity (Wildman–Crippen MR) is 97.8 cm³/mol. The van der Waals surface area contributed by atoms with Crippen LogP contribution in [0.15, 0.2) is 54.8 Å². The number of benzene rings is 1. The Morgan fingerprint density at radius 3 is 2.84 bits per heavy atom. The van der Waals surface area contributed by atoms with Crippen molar-refractivity contribution in [3.8, 4) is 22.8 Å². The summed E-state index contributed by atoms with van der Waals surface area (Å²) >= 11 is 5.89. The molecule has 0 radical (unpaired) electrons. The van der Waals surface area contributed by atoms with Crippen molar-refractivity contribution >= 4 is 17.5 Å². The number of nitrogens with one attached hydrogen (secondary N) is 2. The number of carbonyl (C=O) groups is 1. The molecule has 4 N–H and O–H groups in total. The molecule has 0 saturated carbocycles. The van der Waals surface area contributed by atoms with Crippen LogP contribution in [-0.4, -0.2) is 32.9 Å². The number of hydrogen-bond donors (Lipinski definition) is 4. The maximum atomic E-state index is 12.5. The van der Waals surface area contributed by atoms with E-state index < -0.39 is 0 Å². The van der Waals surface area contributed by atoms with E-state index in [1.807, 2.05) is 19.1 Å². The molecule has 2 aromatic rings. The van der Waals surface area contributed by atoms with Crippen LogP contribution in [0.4, 0.5) is 0 Å². The molecular weight excluding hydrogens is 342 g/mol. The van der Waals surface area contributed by atoms with Crippen LogP contribution >= 0.6 is 11.6 Å². The Bertz CT molecular complexity index is 853. The Kier molecular flexibility index (Phi) is 6.03. The van der Waals surface area contributed by atoms with E-state index in [0.29, 0.717) is 12.2 Å². The summed E-state index contributed by atoms with van der Waals surface area (Å²) in [5, 5.41) is 28.9. The summed E-state index contributed by atoms with van der Waals surface area (Å²) in [6.07, 6.45) is 8.51. The maximum absolute atomic E-state index is 12.5. The number of amides is 1. The summed E-state index contributed by atoms with van der Waals surface area (Å²) in [6.45, 7) is 5.80. The molecular formula is C18H18ClN3O3. The van der Waals surface area contributed by atoms with Gasteiger partial charge < -0.3 is 15.5 Å². The van der Waals surface area contributed by atoms with Gasteiger partial charge in [-0.25, -0.2) is 0 Å². The number of phenols is 2. The molecule has 0 atom stereocenters. The molecule has 7 heteroatoms. The van der Waals surface area contributed by atoms with E-state index >= 15 is 0 Å². The number of carbonyl (C=O) groups excluding carboxylic acids is 1. The molecule has 1 aromatic carbocycles. The fourth-order valence-electron chi connectivity index (χ4n) is 2.14. The minimum absolute atomic E-state index is 0.0551. The minimum atomic E-state index is -0.362. The summed E-state index contributed by atoms with van der Waals surface area (Å²) < 4.78 is 0. The van der Waals surface area contributed by atoms with E-state index in [4.69, 9.17) is 11.6 Å². The normalized spacial score (nSPS) is 11.7. The molecule has 0 spiro atoms. The van der Waals surface area contributed by atoms with E-state index in [1.54, 1.807) is 12.2 Å². The number of rotatable bonds is 6. The molecule has 0 aliphatic carbocycles. The molecule has 0 fully saturated rings. The highest BCUT2D eigenvalue weighted by molar-refractivity contribution is 6.32. The molecule has 0 aliphatic heterocycles. The van der Waals surface area contributed by atoms with Gasteiger partial charge in [0.25, 0.3) is 5.91 Å². The third kappa shape index (κ3) is 4.30. The van der Waals surface area contributed by atoms with E-state index in [9.17, 15) is 15.0 Å². The van der Waals surface area contributed by atoms with Crippen LogP contribution < -0.4 is 5.32 Å². The van der Waals surface area contributed by atoms with Gasteiger partial charge in [-0.1, -0.05) is 42.5 Å². The molecule has 0 bridgehead atoms. The second-order valence-electron chi connectivity index (χ2n) is 5.12. The summed E-state index contributed by atoms with van der Waals surface area (Å²) in [5.74, 6) is -0.831. The standard InChI is InChI=1S/C18H18ClN3O3/c1-3-5-6-11(4-2)9-20-18(25)13-10-21-22-17(13)12-7-14(19)16(24)8-15(12)23/h3-8,10,23-24H,1,9H2,2H3,(H,20,25)(H,21,22)/b6-5-,11-4+. The monoisotopic (exact) mass is 359 g/mol. The van der Waals surface area contributed by atoms with Crippen molar-refractivity contribution in [1.29, 1.82) is 0 Å². The lowest BCUT2D eigenvalue weighted by molar-refractivity contribution is 0.0958. The SMILES string of the molecule is C=C/C=C\C(=C/C)CNC(=O)c1cn[nH]c1-c1cc(Cl)c(O)cc1O. The molecule has 1 heterocycles. The highest BCUT2D eigenvalue weighted by atomic mass is 35.5. The first kappa shape index (κ1) is 18.4. The predicted octanol–water partition coefficient (Wildman–Crippen LogP) is 3.56. The fraction of sp³-hybridized carbons (Fsp3) is 0.111. The van der Waals surface area contributed by atoms with E-state index in [0.717, 1.165) is 11.6 Å². The molecule has 130 valence electrons. The summed E-state index contributed by atoms with van der Waals surface area (Å²) in [5.41, 5.74) is 1.73. The number of phenolic OH excluding ortho intramolecular Hbond substituents is 2. The number of nitrogens with zero attached hydrogens (tertiary/aromatic N) is 1. The maximum Gasteiger partial charge on any atom is 0.255 e. The van der Waals surface area contributed by atoms with Crippen LogP contribution in [0.2, 0.25) is 5.02 Å². The Balaban J connectivity index is 2.24. The van der Waals surface area contributed by atoms with Crippen LogP contribution in [0, 0.1) is 0 Å². The van der Waals surface area contributed by atoms with Crippen molar-refractivity contribution in [2.45, 2.75) is 6.92 Å². The van der Waals surface area contributed by atoms with Gasteiger partial charge in [0.05, 0.1) is 22.5 Å². The Labute approximate surface area is 150 Å². The Hall–Kier alpha value is -2.99. The average molecular weight is 360 g/mol. The van der Waals surface area contributed by atoms with Crippen molar-refractivity contribution in [2.75, 3.05) is 6.54 Å². The molecule has 0 saturated heterocycles. The number of allylic oxidation sites excluding steroid dienone is 3. The summed E-state index contributed by atoms with van der Waals surface area (Å²) in [7, 11) is 0. The molecule has 2 rings (SSSR count). The summed E-state index contributed by atoms with van der Waals surface area (Å²) in [6, 6.07) is 2.47. The molecule has 1 aromatic heterocycles. The van der Waals surface area contributed by atoms with E-state index in [-0.39, 0.29) is 33.6 Å². The average Bonchev–Trinajstić information content (AvgIpc) is 3.07. The molecule has 0 unspecified atom stereocenters. The summed E-state index contributed by atoms with van der Waals surface area (Å²) in [4.78, 5) is 12.5. The Morgan fingerprint density at radius 2 is 2.16 bits per heavy atom. The van der Waals surface area contributed by atoms with Gasteiger partial charge in [0.1, 0.15) is 11.5 Å². The molecule has 25 heavy (non-hydrogen) atoms. The van der Waals surface area contributed by atoms with Gasteiger partial charge >= 0.3 is 0 Å². The molecule has 0 aliphatic rings. The second-order valence-corrected chi connectivity index (χ2v) is 5.53. The van der Waals surface area contributed by atoms with Crippen molar-refractivity contribution < 1.29 is 15.0 Å². The zero-order chi connectivity index (χ0) is 18.4. The first-order valence-electron chi connectivity index (χ1n) is 7.45. The number of aromatic hydroxyl groups is 2. The highest BCUT2D eigenvalue weighted by Crippen LogP contribution is 2.37. The second kappa shape index (κ2) is 8.21. The zero-order valence-electron chi connectivity index (χ0n) is 13.6. The topological polar surface area (TPSA) is 98.2 Å². The minimum Gasteiger partial charge on any atom is -0.507 e. The molecule has 6 nitrogen and oxygen atoms in total. The first-order valence-corrected chi connectivity index (χ1v) is 7.83. The van der Waals surface area contributed by atoms with Gasteiger partial charge in [0, 0.05) is 18.2 Å². The van der Waals surface area contributed by atoms with E-state index in [2.05, 4.69) is 22.1 Å². The van der Waals surface area contributed by atoms with Crippen LogP contribution in [0.3, 0.4) is 0 Å². The van der Waals surface area contributed by atoms with Crippen LogP contribution in [0.1, 0.15) is 17.3 Å². The number of aromatic amines is 1. The van der Waals surface area contributed by atoms with Crippen molar-refractivity contribution in [2.24, 2.45) is 0 Å². The van der Waals surface area contributed by atoms with Crippen LogP contribution in [0.5, 0.6) is 11.5 Å². The van der Waals surface area contributed by atoms with Gasteiger partial charge in [-0.05, 0) is 18.6 Å². The first-order chi connectivity index (χ1) is 12.0. The lowest BCUT2D eigenvalue weighted by Gasteiger charge is -2.09. The Morgan fingerprint density at radius 1 is 1.40 bits per heavy atom. The largest absolute Gasteiger partial charge is 0.507 e. The third-order valence-corrected chi connectivity index (χ3v) is 3.79. The van der Waals surface area contributed by atoms with Gasteiger partial charge in [0.2, 0.25) is 0 Å². The van der Waals surface area contributed by atoms with Gasteiger partial charge in [-0.3, -0.25) is 9.89 Å². The van der Waals surface area contributed by atoms with Gasteiger partial charge in [-0.2, -0.15) is 5.10 Å². The highest BCUT2D eigenvalue weighted by Gasteiger charge is 2.19.